The summed E-state index contributed by atoms with van der Waals surface area (Å²) in [6, 6.07) is 51.2. The largest absolute Gasteiger partial charge is 0.337 e. The van der Waals surface area contributed by atoms with E-state index < -0.39 is 7.26 Å². The van der Waals surface area contributed by atoms with E-state index in [-0.39, 0.29) is 0 Å². The van der Waals surface area contributed by atoms with Gasteiger partial charge in [0, 0.05) is 21.8 Å². The van der Waals surface area contributed by atoms with E-state index in [4.69, 9.17) is 0 Å². The maximum Gasteiger partial charge on any atom is 0.113 e. The first kappa shape index (κ1) is 20.9. The van der Waals surface area contributed by atoms with Crippen LogP contribution < -0.4 is 15.9 Å². The minimum atomic E-state index is -1.87. The zero-order valence-corrected chi connectivity index (χ0v) is 20.0. The first-order valence-corrected chi connectivity index (χ1v) is 13.9. The fraction of sp³-hybridized carbons (Fsp3) is 0.0625. The van der Waals surface area contributed by atoms with Crippen molar-refractivity contribution >= 4 is 45.0 Å². The van der Waals surface area contributed by atoms with Crippen LogP contribution >= 0.6 is 7.26 Å². The maximum atomic E-state index is 2.54. The van der Waals surface area contributed by atoms with Gasteiger partial charge in [0.05, 0.1) is 12.7 Å². The minimum absolute atomic E-state index is 0.959. The van der Waals surface area contributed by atoms with Gasteiger partial charge in [-0.1, -0.05) is 91.0 Å². The molecule has 2 heteroatoms. The second kappa shape index (κ2) is 8.93. The molecule has 0 saturated heterocycles. The highest BCUT2D eigenvalue weighted by atomic mass is 31.2. The molecule has 0 N–H and O–H groups in total. The van der Waals surface area contributed by atoms with Crippen LogP contribution in [0.15, 0.2) is 140 Å². The Morgan fingerprint density at radius 2 is 0.765 bits per heavy atom. The lowest BCUT2D eigenvalue weighted by atomic mass is 10.2. The smallest absolute Gasteiger partial charge is 0.113 e. The van der Waals surface area contributed by atoms with Gasteiger partial charge in [-0.05, 0) is 48.5 Å². The summed E-state index contributed by atoms with van der Waals surface area (Å²) in [6.45, 7) is 0.959. The Balaban J connectivity index is 1.57. The lowest BCUT2D eigenvalue weighted by molar-refractivity contribution is 0.833. The normalized spacial score (nSPS) is 11.8. The van der Waals surface area contributed by atoms with Crippen LogP contribution in [0.4, 0.5) is 0 Å². The summed E-state index contributed by atoms with van der Waals surface area (Å²) in [5, 5.41) is 6.98. The van der Waals surface area contributed by atoms with Gasteiger partial charge in [0.1, 0.15) is 23.2 Å². The zero-order chi connectivity index (χ0) is 22.8. The van der Waals surface area contributed by atoms with Crippen LogP contribution in [0.2, 0.25) is 0 Å². The molecule has 0 bridgehead atoms. The highest BCUT2D eigenvalue weighted by Crippen LogP contribution is 2.55. The van der Waals surface area contributed by atoms with E-state index in [2.05, 4.69) is 144 Å². The number of fused-ring (bicyclic) bond motifs is 3. The van der Waals surface area contributed by atoms with Crippen molar-refractivity contribution in [1.29, 1.82) is 0 Å². The Labute approximate surface area is 201 Å². The van der Waals surface area contributed by atoms with Crippen LogP contribution in [0.3, 0.4) is 0 Å². The molecule has 0 radical (unpaired) electrons. The van der Waals surface area contributed by atoms with Gasteiger partial charge in [0.25, 0.3) is 0 Å². The third-order valence-corrected chi connectivity index (χ3v) is 11.3. The fourth-order valence-electron chi connectivity index (χ4n) is 5.38. The summed E-state index contributed by atoms with van der Waals surface area (Å²) in [5.74, 6) is 0. The molecule has 34 heavy (non-hydrogen) atoms. The van der Waals surface area contributed by atoms with Crippen molar-refractivity contribution < 1.29 is 0 Å². The van der Waals surface area contributed by atoms with E-state index in [0.29, 0.717) is 0 Å². The molecule has 0 unspecified atom stereocenters. The van der Waals surface area contributed by atoms with Crippen molar-refractivity contribution in [2.24, 2.45) is 0 Å². The summed E-state index contributed by atoms with van der Waals surface area (Å²) in [5.41, 5.74) is 2.63. The Morgan fingerprint density at radius 1 is 0.412 bits per heavy atom. The van der Waals surface area contributed by atoms with Crippen molar-refractivity contribution in [1.82, 2.24) is 4.57 Å². The number of rotatable bonds is 6. The molecule has 0 atom stereocenters. The lowest BCUT2D eigenvalue weighted by Gasteiger charge is -2.28. The molecule has 1 nitrogen and oxygen atoms in total. The van der Waals surface area contributed by atoms with Crippen LogP contribution in [0.1, 0.15) is 0 Å². The molecular formula is C32H27NP+. The van der Waals surface area contributed by atoms with Crippen LogP contribution in [-0.2, 0) is 6.54 Å². The minimum Gasteiger partial charge on any atom is -0.337 e. The molecule has 0 aliphatic heterocycles. The topological polar surface area (TPSA) is 4.93 Å². The second-order valence-corrected chi connectivity index (χ2v) is 12.3. The molecule has 6 aromatic rings. The lowest BCUT2D eigenvalue weighted by Crippen LogP contribution is -2.34. The van der Waals surface area contributed by atoms with Crippen molar-refractivity contribution in [2.75, 3.05) is 6.16 Å². The van der Waals surface area contributed by atoms with Crippen molar-refractivity contribution in [3.8, 4) is 0 Å². The van der Waals surface area contributed by atoms with Crippen molar-refractivity contribution in [3.63, 3.8) is 0 Å². The molecule has 6 rings (SSSR count). The van der Waals surface area contributed by atoms with Gasteiger partial charge >= 0.3 is 0 Å². The summed E-state index contributed by atoms with van der Waals surface area (Å²) in [4.78, 5) is 0. The Bertz CT molecular complexity index is 1390. The van der Waals surface area contributed by atoms with E-state index in [1.165, 1.54) is 37.7 Å². The fourth-order valence-corrected chi connectivity index (χ4v) is 9.59. The molecule has 164 valence electrons. The number of benzene rings is 5. The van der Waals surface area contributed by atoms with E-state index in [9.17, 15) is 0 Å². The molecule has 0 aliphatic carbocycles. The molecular weight excluding hydrogens is 429 g/mol. The summed E-state index contributed by atoms with van der Waals surface area (Å²) in [6.07, 6.45) is 1.06. The van der Waals surface area contributed by atoms with Crippen molar-refractivity contribution in [3.05, 3.63) is 140 Å². The third kappa shape index (κ3) is 3.45. The third-order valence-electron chi connectivity index (χ3n) is 6.93. The molecule has 0 saturated carbocycles. The van der Waals surface area contributed by atoms with E-state index >= 15 is 0 Å². The van der Waals surface area contributed by atoms with E-state index in [1.54, 1.807) is 0 Å². The van der Waals surface area contributed by atoms with Gasteiger partial charge in [-0.15, -0.1) is 0 Å². The molecule has 0 amide bonds. The number of aromatic nitrogens is 1. The Morgan fingerprint density at radius 3 is 1.18 bits per heavy atom. The number of nitrogens with zero attached hydrogens (tertiary/aromatic N) is 1. The quantitative estimate of drug-likeness (QED) is 0.243. The van der Waals surface area contributed by atoms with E-state index in [1.807, 2.05) is 0 Å². The molecule has 1 aromatic heterocycles. The monoisotopic (exact) mass is 456 g/mol. The van der Waals surface area contributed by atoms with Gasteiger partial charge in [-0.3, -0.25) is 0 Å². The molecule has 1 heterocycles. The summed E-state index contributed by atoms with van der Waals surface area (Å²) in [7, 11) is -1.87. The average molecular weight is 457 g/mol. The van der Waals surface area contributed by atoms with Gasteiger partial charge in [-0.25, -0.2) is 0 Å². The predicted molar refractivity (Wildman–Crippen MR) is 149 cm³/mol. The number of aryl methyl sites for hydroxylation is 1. The Hall–Kier alpha value is -3.67. The van der Waals surface area contributed by atoms with Gasteiger partial charge < -0.3 is 4.57 Å². The molecule has 5 aromatic carbocycles. The number of hydrogen-bond acceptors (Lipinski definition) is 0. The predicted octanol–water partition coefficient (Wildman–Crippen LogP) is 6.79. The van der Waals surface area contributed by atoms with Gasteiger partial charge in [0.2, 0.25) is 0 Å². The molecule has 0 spiro atoms. The van der Waals surface area contributed by atoms with Crippen LogP contribution in [0.25, 0.3) is 21.8 Å². The number of hydrogen-bond donors (Lipinski definition) is 0. The molecule has 0 aliphatic rings. The standard InChI is InChI=1S/C32H27NP/c1-4-14-26(15-5-1)34(27-16-6-2-7-17-27,28-18-8-3-9-19-28)25-24-33-31-22-12-10-20-29(31)30-21-11-13-23-32(30)33/h1-23H,24-25H2/q+1. The van der Waals surface area contributed by atoms with Crippen LogP contribution in [-0.4, -0.2) is 10.7 Å². The Kier molecular flexibility index (Phi) is 5.49. The van der Waals surface area contributed by atoms with Crippen LogP contribution in [0.5, 0.6) is 0 Å². The highest BCUT2D eigenvalue weighted by molar-refractivity contribution is 7.95. The first-order valence-electron chi connectivity index (χ1n) is 11.9. The molecule has 0 fully saturated rings. The number of para-hydroxylation sites is 2. The van der Waals surface area contributed by atoms with Gasteiger partial charge in [0.15, 0.2) is 0 Å². The van der Waals surface area contributed by atoms with E-state index in [0.717, 1.165) is 12.7 Å². The van der Waals surface area contributed by atoms with Crippen molar-refractivity contribution in [2.45, 2.75) is 6.54 Å². The average Bonchev–Trinajstić information content (AvgIpc) is 3.25. The van der Waals surface area contributed by atoms with Gasteiger partial charge in [-0.2, -0.15) is 0 Å². The highest BCUT2D eigenvalue weighted by Gasteiger charge is 2.45. The second-order valence-electron chi connectivity index (χ2n) is 8.73. The maximum absolute atomic E-state index is 2.54. The SMILES string of the molecule is c1ccc([P+](CCn2c3ccccc3c3ccccc32)(c2ccccc2)c2ccccc2)cc1. The van der Waals surface area contributed by atoms with Crippen LogP contribution in [0, 0.1) is 0 Å². The summed E-state index contributed by atoms with van der Waals surface area (Å²) >= 11 is 0. The zero-order valence-electron chi connectivity index (χ0n) is 19.1. The summed E-state index contributed by atoms with van der Waals surface area (Å²) < 4.78 is 2.54. The first-order chi connectivity index (χ1) is 16.9.